The van der Waals surface area contributed by atoms with Crippen molar-refractivity contribution in [3.8, 4) is 0 Å². The lowest BCUT2D eigenvalue weighted by Crippen LogP contribution is -2.35. The van der Waals surface area contributed by atoms with Crippen LogP contribution in [0, 0.1) is 5.92 Å². The Morgan fingerprint density at radius 2 is 1.70 bits per heavy atom. The molecule has 0 saturated carbocycles. The molecular formula is C22H27N3O2. The number of amides is 2. The molecule has 1 aliphatic heterocycles. The van der Waals surface area contributed by atoms with E-state index >= 15 is 0 Å². The maximum atomic E-state index is 12.7. The zero-order valence-electron chi connectivity index (χ0n) is 15.7. The second-order valence-electron chi connectivity index (χ2n) is 7.15. The molecule has 1 aliphatic rings. The fourth-order valence-corrected chi connectivity index (χ4v) is 3.39. The summed E-state index contributed by atoms with van der Waals surface area (Å²) in [5.74, 6) is -0.525. The van der Waals surface area contributed by atoms with Crippen LogP contribution in [0.1, 0.15) is 48.1 Å². The first-order chi connectivity index (χ1) is 13.1. The van der Waals surface area contributed by atoms with Crippen molar-refractivity contribution in [1.29, 1.82) is 0 Å². The maximum absolute atomic E-state index is 12.7. The zero-order chi connectivity index (χ0) is 19.2. The SMILES string of the molecule is CC(C(=O)Nc1cccc(C(=O)N2CCCCC2)c1)C(N)c1ccccc1. The van der Waals surface area contributed by atoms with Gasteiger partial charge in [-0.15, -0.1) is 0 Å². The van der Waals surface area contributed by atoms with Crippen LogP contribution in [0.4, 0.5) is 5.69 Å². The van der Waals surface area contributed by atoms with Crippen molar-refractivity contribution in [1.82, 2.24) is 4.90 Å². The molecule has 27 heavy (non-hydrogen) atoms. The van der Waals surface area contributed by atoms with Crippen molar-refractivity contribution < 1.29 is 9.59 Å². The summed E-state index contributed by atoms with van der Waals surface area (Å²) in [6.45, 7) is 3.42. The largest absolute Gasteiger partial charge is 0.339 e. The van der Waals surface area contributed by atoms with Crippen molar-refractivity contribution in [2.45, 2.75) is 32.2 Å². The molecule has 3 N–H and O–H groups in total. The molecule has 142 valence electrons. The van der Waals surface area contributed by atoms with Crippen LogP contribution in [0.15, 0.2) is 54.6 Å². The van der Waals surface area contributed by atoms with Gasteiger partial charge in [0.15, 0.2) is 0 Å². The van der Waals surface area contributed by atoms with Crippen molar-refractivity contribution >= 4 is 17.5 Å². The molecule has 0 spiro atoms. The summed E-state index contributed by atoms with van der Waals surface area (Å²) in [4.78, 5) is 27.2. The first-order valence-electron chi connectivity index (χ1n) is 9.57. The summed E-state index contributed by atoms with van der Waals surface area (Å²) in [6.07, 6.45) is 3.29. The van der Waals surface area contributed by atoms with Crippen LogP contribution in [0.25, 0.3) is 0 Å². The normalized spacial score (nSPS) is 16.4. The molecule has 3 rings (SSSR count). The highest BCUT2D eigenvalue weighted by atomic mass is 16.2. The van der Waals surface area contributed by atoms with E-state index in [1.807, 2.05) is 42.2 Å². The number of nitrogens with one attached hydrogen (secondary N) is 1. The van der Waals surface area contributed by atoms with Gasteiger partial charge in [-0.1, -0.05) is 43.3 Å². The molecule has 5 heteroatoms. The van der Waals surface area contributed by atoms with E-state index in [0.717, 1.165) is 31.5 Å². The lowest BCUT2D eigenvalue weighted by atomic mass is 9.94. The standard InChI is InChI=1S/C22H27N3O2/c1-16(20(23)17-9-4-2-5-10-17)21(26)24-19-12-8-11-18(15-19)22(27)25-13-6-3-7-14-25/h2,4-5,8-12,15-16,20H,3,6-7,13-14,23H2,1H3,(H,24,26). The summed E-state index contributed by atoms with van der Waals surface area (Å²) in [5, 5.41) is 2.90. The van der Waals surface area contributed by atoms with Gasteiger partial charge >= 0.3 is 0 Å². The van der Waals surface area contributed by atoms with Gasteiger partial charge in [0.1, 0.15) is 0 Å². The Morgan fingerprint density at radius 3 is 2.41 bits per heavy atom. The number of hydrogen-bond donors (Lipinski definition) is 2. The molecule has 0 radical (unpaired) electrons. The van der Waals surface area contributed by atoms with Crippen LogP contribution in [0.5, 0.6) is 0 Å². The zero-order valence-corrected chi connectivity index (χ0v) is 15.7. The predicted octanol–water partition coefficient (Wildman–Crippen LogP) is 3.59. The molecule has 2 aromatic carbocycles. The highest BCUT2D eigenvalue weighted by molar-refractivity contribution is 5.97. The van der Waals surface area contributed by atoms with E-state index in [1.54, 1.807) is 24.3 Å². The van der Waals surface area contributed by atoms with Crippen LogP contribution in [-0.2, 0) is 4.79 Å². The van der Waals surface area contributed by atoms with Crippen molar-refractivity contribution in [3.63, 3.8) is 0 Å². The Kier molecular flexibility index (Phi) is 6.24. The molecular weight excluding hydrogens is 338 g/mol. The Hall–Kier alpha value is -2.66. The highest BCUT2D eigenvalue weighted by Crippen LogP contribution is 2.22. The monoisotopic (exact) mass is 365 g/mol. The predicted molar refractivity (Wildman–Crippen MR) is 107 cm³/mol. The third kappa shape index (κ3) is 4.74. The van der Waals surface area contributed by atoms with E-state index < -0.39 is 5.92 Å². The van der Waals surface area contributed by atoms with Gasteiger partial charge in [-0.2, -0.15) is 0 Å². The van der Waals surface area contributed by atoms with Crippen LogP contribution < -0.4 is 11.1 Å². The quantitative estimate of drug-likeness (QED) is 0.850. The van der Waals surface area contributed by atoms with Gasteiger partial charge in [0, 0.05) is 30.4 Å². The third-order valence-corrected chi connectivity index (χ3v) is 5.16. The molecule has 1 heterocycles. The number of benzene rings is 2. The average molecular weight is 365 g/mol. The molecule has 0 aromatic heterocycles. The number of rotatable bonds is 5. The number of nitrogens with zero attached hydrogens (tertiary/aromatic N) is 1. The van der Waals surface area contributed by atoms with E-state index in [0.29, 0.717) is 11.3 Å². The highest BCUT2D eigenvalue weighted by Gasteiger charge is 2.23. The van der Waals surface area contributed by atoms with Gasteiger partial charge < -0.3 is 16.0 Å². The van der Waals surface area contributed by atoms with Gasteiger partial charge in [-0.3, -0.25) is 9.59 Å². The second kappa shape index (κ2) is 8.82. The van der Waals surface area contributed by atoms with Crippen molar-refractivity contribution in [3.05, 3.63) is 65.7 Å². The minimum absolute atomic E-state index is 0.0276. The minimum atomic E-state index is -0.395. The Labute approximate surface area is 160 Å². The van der Waals surface area contributed by atoms with Gasteiger partial charge in [0.05, 0.1) is 5.92 Å². The van der Waals surface area contributed by atoms with Gasteiger partial charge in [0.25, 0.3) is 5.91 Å². The van der Waals surface area contributed by atoms with Crippen LogP contribution in [0.2, 0.25) is 0 Å². The fourth-order valence-electron chi connectivity index (χ4n) is 3.39. The summed E-state index contributed by atoms with van der Waals surface area (Å²) >= 11 is 0. The third-order valence-electron chi connectivity index (χ3n) is 5.16. The molecule has 5 nitrogen and oxygen atoms in total. The first-order valence-corrected chi connectivity index (χ1v) is 9.57. The Bertz CT molecular complexity index is 785. The topological polar surface area (TPSA) is 75.4 Å². The number of likely N-dealkylation sites (tertiary alicyclic amines) is 1. The van der Waals surface area contributed by atoms with Gasteiger partial charge in [0.2, 0.25) is 5.91 Å². The molecule has 2 aromatic rings. The number of carbonyl (C=O) groups excluding carboxylic acids is 2. The average Bonchev–Trinajstić information content (AvgIpc) is 2.73. The fraction of sp³-hybridized carbons (Fsp3) is 0.364. The number of nitrogens with two attached hydrogens (primary N) is 1. The Morgan fingerprint density at radius 1 is 1.00 bits per heavy atom. The second-order valence-corrected chi connectivity index (χ2v) is 7.15. The van der Waals surface area contributed by atoms with Crippen molar-refractivity contribution in [2.75, 3.05) is 18.4 Å². The first kappa shape index (κ1) is 19.1. The molecule has 1 fully saturated rings. The molecule has 1 saturated heterocycles. The molecule has 0 bridgehead atoms. The summed E-state index contributed by atoms with van der Waals surface area (Å²) in [5.41, 5.74) is 8.40. The van der Waals surface area contributed by atoms with Crippen molar-refractivity contribution in [2.24, 2.45) is 11.7 Å². The number of piperidine rings is 1. The maximum Gasteiger partial charge on any atom is 0.253 e. The molecule has 2 unspecified atom stereocenters. The van der Waals surface area contributed by atoms with E-state index in [2.05, 4.69) is 5.32 Å². The molecule has 0 aliphatic carbocycles. The van der Waals surface area contributed by atoms with E-state index in [-0.39, 0.29) is 17.9 Å². The Balaban J connectivity index is 1.66. The lowest BCUT2D eigenvalue weighted by molar-refractivity contribution is -0.120. The van der Waals surface area contributed by atoms with Gasteiger partial charge in [-0.25, -0.2) is 0 Å². The smallest absolute Gasteiger partial charge is 0.253 e. The minimum Gasteiger partial charge on any atom is -0.339 e. The summed E-state index contributed by atoms with van der Waals surface area (Å²) < 4.78 is 0. The summed E-state index contributed by atoms with van der Waals surface area (Å²) in [7, 11) is 0. The van der Waals surface area contributed by atoms with E-state index in [9.17, 15) is 9.59 Å². The molecule has 2 amide bonds. The van der Waals surface area contributed by atoms with E-state index in [4.69, 9.17) is 5.73 Å². The van der Waals surface area contributed by atoms with E-state index in [1.165, 1.54) is 6.42 Å². The lowest BCUT2D eigenvalue weighted by Gasteiger charge is -2.27. The number of hydrogen-bond acceptors (Lipinski definition) is 3. The molecule has 2 atom stereocenters. The number of anilines is 1. The van der Waals surface area contributed by atoms with Crippen LogP contribution in [-0.4, -0.2) is 29.8 Å². The van der Waals surface area contributed by atoms with Gasteiger partial charge in [-0.05, 0) is 43.0 Å². The van der Waals surface area contributed by atoms with Crippen LogP contribution >= 0.6 is 0 Å². The summed E-state index contributed by atoms with van der Waals surface area (Å²) in [6, 6.07) is 16.3. The number of carbonyl (C=O) groups is 2. The van der Waals surface area contributed by atoms with Crippen LogP contribution in [0.3, 0.4) is 0 Å².